The minimum atomic E-state index is -0.106. The SMILES string of the molecule is CC1(C)CC(=O)c2ccccc2N1.Cl. The highest BCUT2D eigenvalue weighted by Crippen LogP contribution is 2.29. The smallest absolute Gasteiger partial charge is 0.167 e. The number of fused-ring (bicyclic) bond motifs is 1. The minimum absolute atomic E-state index is 0. The van der Waals surface area contributed by atoms with E-state index in [1.165, 1.54) is 0 Å². The van der Waals surface area contributed by atoms with Crippen molar-refractivity contribution in [2.24, 2.45) is 0 Å². The molecule has 1 N–H and O–H groups in total. The molecular formula is C11H14ClNO. The van der Waals surface area contributed by atoms with Crippen LogP contribution in [0.3, 0.4) is 0 Å². The predicted molar refractivity (Wildman–Crippen MR) is 60.3 cm³/mol. The summed E-state index contributed by atoms with van der Waals surface area (Å²) in [5.41, 5.74) is 1.68. The largest absolute Gasteiger partial charge is 0.379 e. The van der Waals surface area contributed by atoms with E-state index in [1.54, 1.807) is 0 Å². The zero-order chi connectivity index (χ0) is 9.47. The Morgan fingerprint density at radius 1 is 1.29 bits per heavy atom. The van der Waals surface area contributed by atoms with E-state index in [9.17, 15) is 4.79 Å². The second-order valence-electron chi connectivity index (χ2n) is 4.15. The molecule has 1 aromatic carbocycles. The molecule has 0 bridgehead atoms. The summed E-state index contributed by atoms with van der Waals surface area (Å²) in [5.74, 6) is 0.236. The molecule has 1 aromatic rings. The van der Waals surface area contributed by atoms with Gasteiger partial charge in [-0.15, -0.1) is 12.4 Å². The molecule has 3 heteroatoms. The zero-order valence-corrected chi connectivity index (χ0v) is 9.15. The van der Waals surface area contributed by atoms with E-state index in [-0.39, 0.29) is 23.7 Å². The van der Waals surface area contributed by atoms with Crippen LogP contribution in [0.25, 0.3) is 0 Å². The van der Waals surface area contributed by atoms with Crippen LogP contribution in [0.5, 0.6) is 0 Å². The van der Waals surface area contributed by atoms with Crippen LogP contribution in [0.2, 0.25) is 0 Å². The molecule has 76 valence electrons. The van der Waals surface area contributed by atoms with E-state index in [4.69, 9.17) is 0 Å². The van der Waals surface area contributed by atoms with Gasteiger partial charge in [0.05, 0.1) is 0 Å². The first-order chi connectivity index (χ1) is 6.08. The van der Waals surface area contributed by atoms with Crippen molar-refractivity contribution in [1.29, 1.82) is 0 Å². The Morgan fingerprint density at radius 2 is 1.93 bits per heavy atom. The summed E-state index contributed by atoms with van der Waals surface area (Å²) in [6.07, 6.45) is 0.573. The fourth-order valence-electron chi connectivity index (χ4n) is 1.74. The molecule has 14 heavy (non-hydrogen) atoms. The van der Waals surface area contributed by atoms with Crippen molar-refractivity contribution in [2.75, 3.05) is 5.32 Å². The van der Waals surface area contributed by atoms with E-state index >= 15 is 0 Å². The van der Waals surface area contributed by atoms with Crippen molar-refractivity contribution in [2.45, 2.75) is 25.8 Å². The van der Waals surface area contributed by atoms with Crippen molar-refractivity contribution in [3.63, 3.8) is 0 Å². The molecule has 2 rings (SSSR count). The Kier molecular flexibility index (Phi) is 2.86. The number of hydrogen-bond donors (Lipinski definition) is 1. The third kappa shape index (κ3) is 1.90. The Balaban J connectivity index is 0.000000980. The summed E-state index contributed by atoms with van der Waals surface area (Å²) in [5, 5.41) is 3.35. The minimum Gasteiger partial charge on any atom is -0.379 e. The highest BCUT2D eigenvalue weighted by molar-refractivity contribution is 6.03. The summed E-state index contributed by atoms with van der Waals surface area (Å²) in [7, 11) is 0. The molecule has 2 nitrogen and oxygen atoms in total. The lowest BCUT2D eigenvalue weighted by atomic mass is 9.88. The van der Waals surface area contributed by atoms with Gasteiger partial charge in [-0.25, -0.2) is 0 Å². The van der Waals surface area contributed by atoms with Gasteiger partial charge in [0.25, 0.3) is 0 Å². The second kappa shape index (κ2) is 3.62. The van der Waals surface area contributed by atoms with E-state index < -0.39 is 0 Å². The Hall–Kier alpha value is -1.02. The summed E-state index contributed by atoms with van der Waals surface area (Å²) >= 11 is 0. The molecule has 0 amide bonds. The van der Waals surface area contributed by atoms with E-state index in [0.717, 1.165) is 11.3 Å². The quantitative estimate of drug-likeness (QED) is 0.715. The first-order valence-electron chi connectivity index (χ1n) is 4.49. The van der Waals surface area contributed by atoms with Gasteiger partial charge in [0.2, 0.25) is 0 Å². The maximum Gasteiger partial charge on any atom is 0.167 e. The van der Waals surface area contributed by atoms with Gasteiger partial charge in [-0.1, -0.05) is 12.1 Å². The molecule has 1 aliphatic rings. The first kappa shape index (κ1) is 11.1. The normalized spacial score (nSPS) is 17.7. The molecule has 1 aliphatic heterocycles. The summed E-state index contributed by atoms with van der Waals surface area (Å²) < 4.78 is 0. The molecule has 0 atom stereocenters. The number of benzene rings is 1. The second-order valence-corrected chi connectivity index (χ2v) is 4.15. The number of rotatable bonds is 0. The van der Waals surface area contributed by atoms with E-state index in [2.05, 4.69) is 5.32 Å². The van der Waals surface area contributed by atoms with Gasteiger partial charge >= 0.3 is 0 Å². The van der Waals surface area contributed by atoms with Crippen molar-refractivity contribution in [1.82, 2.24) is 0 Å². The van der Waals surface area contributed by atoms with Gasteiger partial charge < -0.3 is 5.32 Å². The predicted octanol–water partition coefficient (Wildman–Crippen LogP) is 2.89. The van der Waals surface area contributed by atoms with E-state index in [1.807, 2.05) is 38.1 Å². The van der Waals surface area contributed by atoms with Gasteiger partial charge in [0, 0.05) is 23.2 Å². The molecule has 0 aromatic heterocycles. The maximum atomic E-state index is 11.7. The molecular weight excluding hydrogens is 198 g/mol. The fraction of sp³-hybridized carbons (Fsp3) is 0.364. The third-order valence-electron chi connectivity index (χ3n) is 2.30. The topological polar surface area (TPSA) is 29.1 Å². The molecule has 0 saturated carbocycles. The van der Waals surface area contributed by atoms with Gasteiger partial charge in [0.15, 0.2) is 5.78 Å². The van der Waals surface area contributed by atoms with Gasteiger partial charge in [-0.05, 0) is 26.0 Å². The van der Waals surface area contributed by atoms with Crippen LogP contribution >= 0.6 is 12.4 Å². The molecule has 1 heterocycles. The number of para-hydroxylation sites is 1. The number of halogens is 1. The monoisotopic (exact) mass is 211 g/mol. The average Bonchev–Trinajstić information content (AvgIpc) is 2.02. The molecule has 0 unspecified atom stereocenters. The Morgan fingerprint density at radius 3 is 2.64 bits per heavy atom. The number of anilines is 1. The van der Waals surface area contributed by atoms with Gasteiger partial charge in [-0.3, -0.25) is 4.79 Å². The maximum absolute atomic E-state index is 11.7. The Labute approximate surface area is 90.1 Å². The van der Waals surface area contributed by atoms with Gasteiger partial charge in [-0.2, -0.15) is 0 Å². The summed E-state index contributed by atoms with van der Waals surface area (Å²) in [4.78, 5) is 11.7. The lowest BCUT2D eigenvalue weighted by Gasteiger charge is -2.32. The van der Waals surface area contributed by atoms with E-state index in [0.29, 0.717) is 6.42 Å². The molecule has 0 spiro atoms. The van der Waals surface area contributed by atoms with Crippen molar-refractivity contribution in [3.05, 3.63) is 29.8 Å². The molecule has 0 fully saturated rings. The Bertz CT molecular complexity index is 360. The molecule has 0 aliphatic carbocycles. The van der Waals surface area contributed by atoms with Gasteiger partial charge in [0.1, 0.15) is 0 Å². The number of ketones is 1. The van der Waals surface area contributed by atoms with Crippen LogP contribution in [-0.4, -0.2) is 11.3 Å². The highest BCUT2D eigenvalue weighted by atomic mass is 35.5. The highest BCUT2D eigenvalue weighted by Gasteiger charge is 2.29. The number of Topliss-reactive ketones (excluding diaryl/α,β-unsaturated/α-hetero) is 1. The summed E-state index contributed by atoms with van der Waals surface area (Å²) in [6.45, 7) is 4.08. The number of carbonyl (C=O) groups is 1. The molecule has 0 saturated heterocycles. The zero-order valence-electron chi connectivity index (χ0n) is 8.33. The van der Waals surface area contributed by atoms with Crippen molar-refractivity contribution < 1.29 is 4.79 Å². The van der Waals surface area contributed by atoms with Crippen LogP contribution in [0.1, 0.15) is 30.6 Å². The first-order valence-corrected chi connectivity index (χ1v) is 4.49. The van der Waals surface area contributed by atoms with Crippen LogP contribution in [0, 0.1) is 0 Å². The fourth-order valence-corrected chi connectivity index (χ4v) is 1.74. The van der Waals surface area contributed by atoms with Crippen molar-refractivity contribution >= 4 is 23.9 Å². The number of nitrogens with one attached hydrogen (secondary N) is 1. The van der Waals surface area contributed by atoms with Crippen LogP contribution in [-0.2, 0) is 0 Å². The summed E-state index contributed by atoms with van der Waals surface area (Å²) in [6, 6.07) is 7.67. The number of hydrogen-bond acceptors (Lipinski definition) is 2. The standard InChI is InChI=1S/C11H13NO.ClH/c1-11(2)7-10(13)8-5-3-4-6-9(8)12-11;/h3-6,12H,7H2,1-2H3;1H. The number of carbonyl (C=O) groups excluding carboxylic acids is 1. The lowest BCUT2D eigenvalue weighted by Crippen LogP contribution is -2.38. The third-order valence-corrected chi connectivity index (χ3v) is 2.30. The van der Waals surface area contributed by atoms with Crippen LogP contribution in [0.15, 0.2) is 24.3 Å². The lowest BCUT2D eigenvalue weighted by molar-refractivity contribution is 0.0958. The van der Waals surface area contributed by atoms with Crippen LogP contribution in [0.4, 0.5) is 5.69 Å². The average molecular weight is 212 g/mol. The van der Waals surface area contributed by atoms with Crippen molar-refractivity contribution in [3.8, 4) is 0 Å². The van der Waals surface area contributed by atoms with Crippen LogP contribution < -0.4 is 5.32 Å². The molecule has 0 radical (unpaired) electrons.